The summed E-state index contributed by atoms with van der Waals surface area (Å²) in [5.41, 5.74) is 1.02. The molecule has 0 unspecified atom stereocenters. The van der Waals surface area contributed by atoms with Crippen LogP contribution in [0.2, 0.25) is 0 Å². The van der Waals surface area contributed by atoms with Crippen LogP contribution in [0.4, 0.5) is 11.8 Å². The van der Waals surface area contributed by atoms with Crippen LogP contribution in [0.5, 0.6) is 0 Å². The zero-order valence-corrected chi connectivity index (χ0v) is 13.0. The number of likely N-dealkylation sites (tertiary alicyclic amines) is 1. The molecule has 1 saturated heterocycles. The van der Waals surface area contributed by atoms with Crippen molar-refractivity contribution >= 4 is 11.8 Å². The van der Waals surface area contributed by atoms with Gasteiger partial charge in [0.05, 0.1) is 0 Å². The number of rotatable bonds is 7. The number of nitrogens with one attached hydrogen (secondary N) is 1. The van der Waals surface area contributed by atoms with Gasteiger partial charge in [0.25, 0.3) is 0 Å². The minimum Gasteiger partial charge on any atom is -0.358 e. The molecule has 5 nitrogen and oxygen atoms in total. The van der Waals surface area contributed by atoms with Gasteiger partial charge >= 0.3 is 0 Å². The van der Waals surface area contributed by atoms with E-state index in [1.54, 1.807) is 0 Å². The van der Waals surface area contributed by atoms with E-state index in [4.69, 9.17) is 0 Å². The Balaban J connectivity index is 1.93. The average Bonchev–Trinajstić information content (AvgIpc) is 2.95. The summed E-state index contributed by atoms with van der Waals surface area (Å²) < 4.78 is 0. The fraction of sp³-hybridized carbons (Fsp3) is 0.733. The van der Waals surface area contributed by atoms with Crippen LogP contribution in [-0.2, 0) is 0 Å². The summed E-state index contributed by atoms with van der Waals surface area (Å²) in [7, 11) is 2.11. The topological polar surface area (TPSA) is 44.3 Å². The molecule has 0 radical (unpaired) electrons. The molecule has 5 heteroatoms. The molecule has 1 aliphatic rings. The van der Waals surface area contributed by atoms with Crippen LogP contribution in [-0.4, -0.2) is 54.6 Å². The molecule has 1 aromatic heterocycles. The van der Waals surface area contributed by atoms with Gasteiger partial charge in [-0.15, -0.1) is 0 Å². The molecule has 0 aromatic carbocycles. The monoisotopic (exact) mass is 277 g/mol. The molecule has 1 aliphatic heterocycles. The van der Waals surface area contributed by atoms with E-state index in [9.17, 15) is 0 Å². The lowest BCUT2D eigenvalue weighted by Gasteiger charge is -2.22. The van der Waals surface area contributed by atoms with Crippen LogP contribution in [0, 0.1) is 6.92 Å². The molecule has 0 bridgehead atoms. The molecule has 0 saturated carbocycles. The molecule has 0 spiro atoms. The number of hydrogen-bond acceptors (Lipinski definition) is 5. The Bertz CT molecular complexity index is 415. The van der Waals surface area contributed by atoms with E-state index in [1.165, 1.54) is 25.9 Å². The lowest BCUT2D eigenvalue weighted by Crippen LogP contribution is -2.32. The van der Waals surface area contributed by atoms with Gasteiger partial charge in [-0.25, -0.2) is 4.98 Å². The predicted molar refractivity (Wildman–Crippen MR) is 84.5 cm³/mol. The van der Waals surface area contributed by atoms with E-state index >= 15 is 0 Å². The number of nitrogens with zero attached hydrogens (tertiary/aromatic N) is 4. The van der Waals surface area contributed by atoms with Crippen molar-refractivity contribution in [3.8, 4) is 0 Å². The summed E-state index contributed by atoms with van der Waals surface area (Å²) in [4.78, 5) is 13.8. The molecular weight excluding hydrogens is 250 g/mol. The maximum atomic E-state index is 4.60. The first kappa shape index (κ1) is 15.0. The molecule has 0 amide bonds. The number of aromatic nitrogens is 2. The van der Waals surface area contributed by atoms with Crippen molar-refractivity contribution in [2.45, 2.75) is 33.1 Å². The summed E-state index contributed by atoms with van der Waals surface area (Å²) >= 11 is 0. The number of aryl methyl sites for hydroxylation is 1. The zero-order chi connectivity index (χ0) is 14.4. The normalized spacial score (nSPS) is 15.6. The van der Waals surface area contributed by atoms with E-state index in [2.05, 4.69) is 45.1 Å². The van der Waals surface area contributed by atoms with E-state index in [0.29, 0.717) is 0 Å². The molecule has 0 aliphatic carbocycles. The lowest BCUT2D eigenvalue weighted by molar-refractivity contribution is 0.346. The Morgan fingerprint density at radius 3 is 2.75 bits per heavy atom. The van der Waals surface area contributed by atoms with Crippen molar-refractivity contribution < 1.29 is 0 Å². The number of hydrogen-bond donors (Lipinski definition) is 1. The zero-order valence-electron chi connectivity index (χ0n) is 13.0. The Morgan fingerprint density at radius 2 is 2.05 bits per heavy atom. The molecule has 112 valence electrons. The van der Waals surface area contributed by atoms with Crippen molar-refractivity contribution in [1.82, 2.24) is 14.9 Å². The molecule has 1 N–H and O–H groups in total. The second-order valence-electron chi connectivity index (χ2n) is 5.59. The van der Waals surface area contributed by atoms with Crippen LogP contribution < -0.4 is 10.2 Å². The van der Waals surface area contributed by atoms with Gasteiger partial charge in [-0.1, -0.05) is 6.92 Å². The molecule has 2 rings (SSSR count). The maximum Gasteiger partial charge on any atom is 0.224 e. The Morgan fingerprint density at radius 1 is 1.30 bits per heavy atom. The number of likely N-dealkylation sites (N-methyl/N-ethyl adjacent to an activating group) is 1. The highest BCUT2D eigenvalue weighted by Gasteiger charge is 2.13. The van der Waals surface area contributed by atoms with Crippen LogP contribution in [0.15, 0.2) is 6.07 Å². The van der Waals surface area contributed by atoms with Crippen molar-refractivity contribution in [3.63, 3.8) is 0 Å². The van der Waals surface area contributed by atoms with Gasteiger partial charge in [0, 0.05) is 38.4 Å². The third kappa shape index (κ3) is 4.34. The quantitative estimate of drug-likeness (QED) is 0.827. The molecule has 1 aromatic rings. The van der Waals surface area contributed by atoms with Gasteiger partial charge in [0.15, 0.2) is 0 Å². The Kier molecular flexibility index (Phi) is 5.59. The van der Waals surface area contributed by atoms with E-state index in [0.717, 1.165) is 43.5 Å². The van der Waals surface area contributed by atoms with Gasteiger partial charge in [0.1, 0.15) is 5.82 Å². The van der Waals surface area contributed by atoms with Crippen molar-refractivity contribution in [2.75, 3.05) is 50.0 Å². The van der Waals surface area contributed by atoms with Gasteiger partial charge in [-0.3, -0.25) is 0 Å². The molecule has 20 heavy (non-hydrogen) atoms. The van der Waals surface area contributed by atoms with E-state index in [-0.39, 0.29) is 0 Å². The minimum absolute atomic E-state index is 0.745. The summed E-state index contributed by atoms with van der Waals surface area (Å²) in [5, 5.41) is 3.27. The van der Waals surface area contributed by atoms with E-state index in [1.807, 2.05) is 6.92 Å². The fourth-order valence-electron chi connectivity index (χ4n) is 2.48. The van der Waals surface area contributed by atoms with E-state index < -0.39 is 0 Å². The highest BCUT2D eigenvalue weighted by Crippen LogP contribution is 2.14. The van der Waals surface area contributed by atoms with Crippen molar-refractivity contribution in [1.29, 1.82) is 0 Å². The minimum atomic E-state index is 0.745. The van der Waals surface area contributed by atoms with Crippen molar-refractivity contribution in [2.24, 2.45) is 0 Å². The summed E-state index contributed by atoms with van der Waals surface area (Å²) in [6.45, 7) is 9.73. The second-order valence-corrected chi connectivity index (χ2v) is 5.59. The van der Waals surface area contributed by atoms with Gasteiger partial charge in [0.2, 0.25) is 5.95 Å². The average molecular weight is 277 g/mol. The molecule has 0 atom stereocenters. The fourth-order valence-corrected chi connectivity index (χ4v) is 2.48. The van der Waals surface area contributed by atoms with Gasteiger partial charge < -0.3 is 15.1 Å². The Labute approximate surface area is 122 Å². The molecule has 2 heterocycles. The van der Waals surface area contributed by atoms with Crippen LogP contribution in [0.3, 0.4) is 0 Å². The maximum absolute atomic E-state index is 4.60. The third-order valence-corrected chi connectivity index (χ3v) is 3.72. The van der Waals surface area contributed by atoms with Crippen LogP contribution in [0.1, 0.15) is 31.9 Å². The lowest BCUT2D eigenvalue weighted by atomic mass is 10.4. The highest BCUT2D eigenvalue weighted by atomic mass is 15.2. The van der Waals surface area contributed by atoms with Crippen LogP contribution in [0.25, 0.3) is 0 Å². The highest BCUT2D eigenvalue weighted by molar-refractivity contribution is 5.44. The largest absolute Gasteiger partial charge is 0.358 e. The smallest absolute Gasteiger partial charge is 0.224 e. The summed E-state index contributed by atoms with van der Waals surface area (Å²) in [5.74, 6) is 1.75. The molecule has 1 fully saturated rings. The summed E-state index contributed by atoms with van der Waals surface area (Å²) in [6.07, 6.45) is 3.78. The SMILES string of the molecule is CCCNc1nc(C)cc(N(C)CCN2CCCC2)n1. The number of anilines is 2. The van der Waals surface area contributed by atoms with Crippen molar-refractivity contribution in [3.05, 3.63) is 11.8 Å². The second kappa shape index (κ2) is 7.43. The van der Waals surface area contributed by atoms with Gasteiger partial charge in [-0.2, -0.15) is 4.98 Å². The predicted octanol–water partition coefficient (Wildman–Crippen LogP) is 2.14. The van der Waals surface area contributed by atoms with Gasteiger partial charge in [-0.05, 0) is 39.3 Å². The first-order valence-corrected chi connectivity index (χ1v) is 7.72. The first-order valence-electron chi connectivity index (χ1n) is 7.72. The molecular formula is C15H27N5. The first-order chi connectivity index (χ1) is 9.69. The standard InChI is InChI=1S/C15H27N5/c1-4-7-16-15-17-13(2)12-14(18-15)19(3)10-11-20-8-5-6-9-20/h12H,4-11H2,1-3H3,(H,16,17,18). The van der Waals surface area contributed by atoms with Crippen LogP contribution >= 0.6 is 0 Å². The summed E-state index contributed by atoms with van der Waals surface area (Å²) in [6, 6.07) is 2.06. The third-order valence-electron chi connectivity index (χ3n) is 3.72. The Hall–Kier alpha value is -1.36.